The van der Waals surface area contributed by atoms with Gasteiger partial charge in [-0.3, -0.25) is 4.79 Å². The van der Waals surface area contributed by atoms with Gasteiger partial charge in [0, 0.05) is 17.7 Å². The van der Waals surface area contributed by atoms with E-state index >= 15 is 0 Å². The topological polar surface area (TPSA) is 55.6 Å². The van der Waals surface area contributed by atoms with Gasteiger partial charge in [0.1, 0.15) is 17.1 Å². The van der Waals surface area contributed by atoms with Crippen LogP contribution in [-0.2, 0) is 13.0 Å². The maximum absolute atomic E-state index is 13.2. The number of benzene rings is 2. The molecule has 28 heavy (non-hydrogen) atoms. The number of rotatable bonds is 3. The number of fused-ring (bicyclic) bond motifs is 1. The third-order valence-electron chi connectivity index (χ3n) is 4.71. The van der Waals surface area contributed by atoms with E-state index in [2.05, 4.69) is 5.16 Å². The Morgan fingerprint density at radius 1 is 1.18 bits per heavy atom. The summed E-state index contributed by atoms with van der Waals surface area (Å²) in [7, 11) is 1.44. The Bertz CT molecular complexity index is 1050. The lowest BCUT2D eigenvalue weighted by atomic mass is 10.00. The Morgan fingerprint density at radius 3 is 2.61 bits per heavy atom. The molecule has 2 aromatic carbocycles. The number of amides is 1. The molecule has 5 nitrogen and oxygen atoms in total. The summed E-state index contributed by atoms with van der Waals surface area (Å²) >= 11 is 12.4. The lowest BCUT2D eigenvalue weighted by Crippen LogP contribution is -2.36. The molecule has 0 spiro atoms. The molecule has 2 heterocycles. The van der Waals surface area contributed by atoms with Crippen molar-refractivity contribution in [2.75, 3.05) is 13.7 Å². The van der Waals surface area contributed by atoms with Crippen molar-refractivity contribution >= 4 is 29.1 Å². The van der Waals surface area contributed by atoms with Crippen LogP contribution in [0.3, 0.4) is 0 Å². The van der Waals surface area contributed by atoms with Crippen molar-refractivity contribution in [2.45, 2.75) is 13.0 Å². The molecule has 3 aromatic rings. The fourth-order valence-corrected chi connectivity index (χ4v) is 3.79. The molecule has 1 amide bonds. The van der Waals surface area contributed by atoms with Crippen molar-refractivity contribution in [2.24, 2.45) is 0 Å². The summed E-state index contributed by atoms with van der Waals surface area (Å²) in [6.07, 6.45) is 0.553. The lowest BCUT2D eigenvalue weighted by Gasteiger charge is -2.27. The molecule has 8 heteroatoms. The van der Waals surface area contributed by atoms with Gasteiger partial charge in [-0.1, -0.05) is 28.4 Å². The number of halogens is 3. The third kappa shape index (κ3) is 3.23. The Labute approximate surface area is 170 Å². The van der Waals surface area contributed by atoms with Crippen LogP contribution < -0.4 is 4.74 Å². The Balaban J connectivity index is 1.63. The van der Waals surface area contributed by atoms with Crippen molar-refractivity contribution in [3.8, 4) is 17.1 Å². The van der Waals surface area contributed by atoms with E-state index in [0.29, 0.717) is 29.4 Å². The smallest absolute Gasteiger partial charge is 0.259 e. The second-order valence-corrected chi connectivity index (χ2v) is 7.17. The van der Waals surface area contributed by atoms with Crippen molar-refractivity contribution in [1.82, 2.24) is 10.1 Å². The molecule has 0 bridgehead atoms. The van der Waals surface area contributed by atoms with Crippen LogP contribution in [0.5, 0.6) is 5.75 Å². The highest BCUT2D eigenvalue weighted by Crippen LogP contribution is 2.36. The lowest BCUT2D eigenvalue weighted by molar-refractivity contribution is 0.0728. The van der Waals surface area contributed by atoms with Crippen molar-refractivity contribution in [3.05, 3.63) is 69.1 Å². The van der Waals surface area contributed by atoms with Gasteiger partial charge in [-0.25, -0.2) is 4.39 Å². The Morgan fingerprint density at radius 2 is 1.89 bits per heavy atom. The van der Waals surface area contributed by atoms with Crippen molar-refractivity contribution in [1.29, 1.82) is 0 Å². The molecule has 0 atom stereocenters. The van der Waals surface area contributed by atoms with Crippen LogP contribution in [0.2, 0.25) is 10.0 Å². The molecular formula is C20H15Cl2FN2O3. The van der Waals surface area contributed by atoms with E-state index in [1.807, 2.05) is 0 Å². The zero-order chi connectivity index (χ0) is 19.8. The summed E-state index contributed by atoms with van der Waals surface area (Å²) in [6, 6.07) is 9.18. The fraction of sp³-hybridized carbons (Fsp3) is 0.200. The number of hydrogen-bond acceptors (Lipinski definition) is 4. The van der Waals surface area contributed by atoms with E-state index in [-0.39, 0.29) is 34.6 Å². The van der Waals surface area contributed by atoms with Gasteiger partial charge in [-0.15, -0.1) is 0 Å². The molecule has 0 saturated carbocycles. The van der Waals surface area contributed by atoms with Gasteiger partial charge >= 0.3 is 0 Å². The number of ether oxygens (including phenoxy) is 1. The van der Waals surface area contributed by atoms with E-state index in [0.717, 1.165) is 11.1 Å². The molecule has 0 saturated heterocycles. The second kappa shape index (κ2) is 7.45. The van der Waals surface area contributed by atoms with Gasteiger partial charge in [0.15, 0.2) is 11.5 Å². The minimum atomic E-state index is -0.318. The molecule has 144 valence electrons. The minimum Gasteiger partial charge on any atom is -0.494 e. The van der Waals surface area contributed by atoms with Gasteiger partial charge in [0.05, 0.1) is 23.7 Å². The third-order valence-corrected chi connectivity index (χ3v) is 5.32. The minimum absolute atomic E-state index is 0.224. The SMILES string of the molecule is COc1c(Cl)ccc(Cl)c1C(=O)N1CCc2c(noc2-c2ccc(F)cc2)C1. The van der Waals surface area contributed by atoms with Crippen LogP contribution >= 0.6 is 23.2 Å². The number of carbonyl (C=O) groups excluding carboxylic acids is 1. The number of nitrogens with zero attached hydrogens (tertiary/aromatic N) is 2. The first-order valence-corrected chi connectivity index (χ1v) is 9.29. The zero-order valence-corrected chi connectivity index (χ0v) is 16.4. The quantitative estimate of drug-likeness (QED) is 0.598. The molecule has 0 fully saturated rings. The highest BCUT2D eigenvalue weighted by molar-refractivity contribution is 6.37. The fourth-order valence-electron chi connectivity index (χ4n) is 3.32. The molecular weight excluding hydrogens is 406 g/mol. The molecule has 1 aromatic heterocycles. The van der Waals surface area contributed by atoms with Crippen LogP contribution in [0.25, 0.3) is 11.3 Å². The van der Waals surface area contributed by atoms with Crippen LogP contribution in [0.15, 0.2) is 40.9 Å². The zero-order valence-electron chi connectivity index (χ0n) is 14.8. The van der Waals surface area contributed by atoms with E-state index in [4.69, 9.17) is 32.5 Å². The molecule has 0 aliphatic carbocycles. The summed E-state index contributed by atoms with van der Waals surface area (Å²) in [5.41, 5.74) is 2.55. The molecule has 1 aliphatic rings. The van der Waals surface area contributed by atoms with Crippen molar-refractivity contribution < 1.29 is 18.4 Å². The molecule has 1 aliphatic heterocycles. The van der Waals surface area contributed by atoms with Gasteiger partial charge in [-0.05, 0) is 42.8 Å². The summed E-state index contributed by atoms with van der Waals surface area (Å²) in [6.45, 7) is 0.720. The second-order valence-electron chi connectivity index (χ2n) is 6.36. The molecule has 0 unspecified atom stereocenters. The molecule has 0 radical (unpaired) electrons. The summed E-state index contributed by atoms with van der Waals surface area (Å²) in [5.74, 6) is 0.236. The molecule has 4 rings (SSSR count). The average molecular weight is 421 g/mol. The largest absolute Gasteiger partial charge is 0.494 e. The highest BCUT2D eigenvalue weighted by atomic mass is 35.5. The highest BCUT2D eigenvalue weighted by Gasteiger charge is 2.30. The first kappa shape index (κ1) is 18.8. The predicted molar refractivity (Wildman–Crippen MR) is 103 cm³/mol. The normalized spacial score (nSPS) is 13.4. The standard InChI is InChI=1S/C20H15Cl2FN2O3/c1-27-19-15(22)7-6-14(21)17(19)20(26)25-9-8-13-16(10-25)24-28-18(13)11-2-4-12(23)5-3-11/h2-7H,8-10H2,1H3. The summed E-state index contributed by atoms with van der Waals surface area (Å²) < 4.78 is 23.9. The number of methoxy groups -OCH3 is 1. The number of hydrogen-bond donors (Lipinski definition) is 0. The van der Waals surface area contributed by atoms with Crippen LogP contribution in [-0.4, -0.2) is 29.6 Å². The van der Waals surface area contributed by atoms with Crippen LogP contribution in [0.4, 0.5) is 4.39 Å². The maximum Gasteiger partial charge on any atom is 0.259 e. The van der Waals surface area contributed by atoms with E-state index in [9.17, 15) is 9.18 Å². The number of carbonyl (C=O) groups is 1. The van der Waals surface area contributed by atoms with E-state index < -0.39 is 0 Å². The monoisotopic (exact) mass is 420 g/mol. The summed E-state index contributed by atoms with van der Waals surface area (Å²) in [5, 5.41) is 4.69. The van der Waals surface area contributed by atoms with Crippen molar-refractivity contribution in [3.63, 3.8) is 0 Å². The van der Waals surface area contributed by atoms with Gasteiger partial charge < -0.3 is 14.2 Å². The first-order chi connectivity index (χ1) is 13.5. The summed E-state index contributed by atoms with van der Waals surface area (Å²) in [4.78, 5) is 14.7. The average Bonchev–Trinajstić information content (AvgIpc) is 3.12. The molecule has 0 N–H and O–H groups in total. The van der Waals surface area contributed by atoms with Gasteiger partial charge in [0.25, 0.3) is 5.91 Å². The van der Waals surface area contributed by atoms with Crippen LogP contribution in [0, 0.1) is 5.82 Å². The maximum atomic E-state index is 13.2. The van der Waals surface area contributed by atoms with E-state index in [1.54, 1.807) is 29.2 Å². The number of aromatic nitrogens is 1. The van der Waals surface area contributed by atoms with Crippen LogP contribution in [0.1, 0.15) is 21.6 Å². The Kier molecular flexibility index (Phi) is 5.00. The first-order valence-electron chi connectivity index (χ1n) is 8.54. The Hall–Kier alpha value is -2.57. The van der Waals surface area contributed by atoms with E-state index in [1.165, 1.54) is 19.2 Å². The predicted octanol–water partition coefficient (Wildman–Crippen LogP) is 4.99. The van der Waals surface area contributed by atoms with Gasteiger partial charge in [-0.2, -0.15) is 0 Å². The van der Waals surface area contributed by atoms with Gasteiger partial charge in [0.2, 0.25) is 0 Å².